The molecule has 1 saturated carbocycles. The molecule has 96 valence electrons. The summed E-state index contributed by atoms with van der Waals surface area (Å²) in [4.78, 5) is 0. The Kier molecular flexibility index (Phi) is 6.83. The molecule has 3 atom stereocenters. The summed E-state index contributed by atoms with van der Waals surface area (Å²) in [5.41, 5.74) is 0. The monoisotopic (exact) mass is 243 g/mol. The van der Waals surface area contributed by atoms with Crippen LogP contribution in [0.5, 0.6) is 0 Å². The summed E-state index contributed by atoms with van der Waals surface area (Å²) in [6, 6.07) is 0.763. The van der Waals surface area contributed by atoms with Crippen LogP contribution in [-0.2, 0) is 0 Å². The maximum atomic E-state index is 3.70. The summed E-state index contributed by atoms with van der Waals surface area (Å²) in [6.07, 6.45) is 7.10. The van der Waals surface area contributed by atoms with Gasteiger partial charge in [-0.2, -0.15) is 11.8 Å². The van der Waals surface area contributed by atoms with E-state index in [1.807, 2.05) is 0 Å². The summed E-state index contributed by atoms with van der Waals surface area (Å²) in [6.45, 7) is 10.4. The molecule has 1 fully saturated rings. The highest BCUT2D eigenvalue weighted by atomic mass is 32.2. The van der Waals surface area contributed by atoms with Gasteiger partial charge in [0.15, 0.2) is 0 Å². The van der Waals surface area contributed by atoms with Gasteiger partial charge in [-0.25, -0.2) is 0 Å². The summed E-state index contributed by atoms with van der Waals surface area (Å²) in [5.74, 6) is 0.801. The molecule has 1 aliphatic rings. The van der Waals surface area contributed by atoms with E-state index >= 15 is 0 Å². The van der Waals surface area contributed by atoms with Crippen LogP contribution in [0.15, 0.2) is 0 Å². The van der Waals surface area contributed by atoms with Crippen molar-refractivity contribution in [1.82, 2.24) is 5.32 Å². The lowest BCUT2D eigenvalue weighted by Crippen LogP contribution is -2.38. The van der Waals surface area contributed by atoms with E-state index in [1.54, 1.807) is 0 Å². The fourth-order valence-electron chi connectivity index (χ4n) is 2.37. The minimum absolute atomic E-state index is 0.763. The molecule has 0 spiro atoms. The van der Waals surface area contributed by atoms with Crippen molar-refractivity contribution in [1.29, 1.82) is 0 Å². The van der Waals surface area contributed by atoms with Crippen molar-refractivity contribution in [2.24, 2.45) is 5.92 Å². The van der Waals surface area contributed by atoms with Gasteiger partial charge in [0.2, 0.25) is 0 Å². The predicted octanol–water partition coefficient (Wildman–Crippen LogP) is 4.07. The maximum Gasteiger partial charge on any atom is 0.0203 e. The third kappa shape index (κ3) is 4.67. The predicted molar refractivity (Wildman–Crippen MR) is 76.2 cm³/mol. The molecule has 1 rings (SSSR count). The van der Waals surface area contributed by atoms with Crippen molar-refractivity contribution in [2.45, 2.75) is 76.3 Å². The summed E-state index contributed by atoms with van der Waals surface area (Å²) >= 11 is 2.23. The Morgan fingerprint density at radius 1 is 1.12 bits per heavy atom. The zero-order valence-corrected chi connectivity index (χ0v) is 12.3. The number of rotatable bonds is 5. The smallest absolute Gasteiger partial charge is 0.0203 e. The fraction of sp³-hybridized carbons (Fsp3) is 1.00. The second-order valence-electron chi connectivity index (χ2n) is 5.43. The molecular weight excluding hydrogens is 214 g/mol. The zero-order chi connectivity index (χ0) is 12.0. The highest BCUT2D eigenvalue weighted by Crippen LogP contribution is 2.33. The second kappa shape index (κ2) is 7.60. The highest BCUT2D eigenvalue weighted by molar-refractivity contribution is 8.00. The third-order valence-electron chi connectivity index (χ3n) is 3.75. The summed E-state index contributed by atoms with van der Waals surface area (Å²) in [5, 5.41) is 5.34. The van der Waals surface area contributed by atoms with E-state index in [1.165, 1.54) is 32.1 Å². The van der Waals surface area contributed by atoms with Gasteiger partial charge in [0.05, 0.1) is 0 Å². The van der Waals surface area contributed by atoms with Gasteiger partial charge in [0.1, 0.15) is 0 Å². The van der Waals surface area contributed by atoms with Crippen LogP contribution in [0.4, 0.5) is 0 Å². The van der Waals surface area contributed by atoms with Gasteiger partial charge in [-0.1, -0.05) is 47.0 Å². The molecular formula is C14H29NS. The minimum Gasteiger partial charge on any atom is -0.313 e. The number of hydrogen-bond donors (Lipinski definition) is 1. The molecule has 0 radical (unpaired) electrons. The molecule has 0 aromatic heterocycles. The van der Waals surface area contributed by atoms with Gasteiger partial charge in [0, 0.05) is 16.5 Å². The van der Waals surface area contributed by atoms with Crippen LogP contribution in [0.1, 0.15) is 59.8 Å². The van der Waals surface area contributed by atoms with E-state index in [4.69, 9.17) is 0 Å². The van der Waals surface area contributed by atoms with Gasteiger partial charge >= 0.3 is 0 Å². The Morgan fingerprint density at radius 3 is 2.44 bits per heavy atom. The zero-order valence-electron chi connectivity index (χ0n) is 11.5. The van der Waals surface area contributed by atoms with E-state index in [2.05, 4.69) is 44.8 Å². The first-order valence-corrected chi connectivity index (χ1v) is 7.98. The van der Waals surface area contributed by atoms with Crippen LogP contribution in [0, 0.1) is 5.92 Å². The van der Waals surface area contributed by atoms with Crippen LogP contribution < -0.4 is 5.32 Å². The van der Waals surface area contributed by atoms with Crippen molar-refractivity contribution in [2.75, 3.05) is 6.54 Å². The van der Waals surface area contributed by atoms with Crippen molar-refractivity contribution < 1.29 is 0 Å². The molecule has 16 heavy (non-hydrogen) atoms. The molecule has 0 aliphatic heterocycles. The lowest BCUT2D eigenvalue weighted by molar-refractivity contribution is 0.480. The first-order chi connectivity index (χ1) is 7.65. The standard InChI is InChI=1S/C14H29NS/c1-5-15-13-9-7-6-8-10-14(13)16-12(4)11(2)3/h11-15H,5-10H2,1-4H3. The van der Waals surface area contributed by atoms with Crippen LogP contribution in [0.2, 0.25) is 0 Å². The highest BCUT2D eigenvalue weighted by Gasteiger charge is 2.25. The molecule has 0 aromatic rings. The van der Waals surface area contributed by atoms with Crippen molar-refractivity contribution >= 4 is 11.8 Å². The van der Waals surface area contributed by atoms with Gasteiger partial charge in [-0.3, -0.25) is 0 Å². The average Bonchev–Trinajstić information content (AvgIpc) is 2.45. The van der Waals surface area contributed by atoms with Crippen LogP contribution in [-0.4, -0.2) is 23.1 Å². The first-order valence-electron chi connectivity index (χ1n) is 7.04. The third-order valence-corrected chi connectivity index (χ3v) is 5.63. The SMILES string of the molecule is CCNC1CCCCCC1SC(C)C(C)C. The van der Waals surface area contributed by atoms with Crippen molar-refractivity contribution in [3.8, 4) is 0 Å². The molecule has 1 nitrogen and oxygen atoms in total. The van der Waals surface area contributed by atoms with Gasteiger partial charge in [-0.15, -0.1) is 0 Å². The minimum atomic E-state index is 0.763. The molecule has 3 unspecified atom stereocenters. The number of nitrogens with one attached hydrogen (secondary N) is 1. The van der Waals surface area contributed by atoms with Crippen molar-refractivity contribution in [3.63, 3.8) is 0 Å². The van der Waals surface area contributed by atoms with Crippen LogP contribution in [0.25, 0.3) is 0 Å². The molecule has 0 saturated heterocycles. The Balaban J connectivity index is 2.50. The molecule has 2 heteroatoms. The normalized spacial score (nSPS) is 29.1. The lowest BCUT2D eigenvalue weighted by atomic mass is 10.1. The van der Waals surface area contributed by atoms with Gasteiger partial charge < -0.3 is 5.32 Å². The average molecular weight is 243 g/mol. The Hall–Kier alpha value is 0.310. The van der Waals surface area contributed by atoms with Gasteiger partial charge in [-0.05, 0) is 25.3 Å². The van der Waals surface area contributed by atoms with E-state index < -0.39 is 0 Å². The molecule has 0 aromatic carbocycles. The van der Waals surface area contributed by atoms with E-state index in [9.17, 15) is 0 Å². The van der Waals surface area contributed by atoms with Crippen LogP contribution >= 0.6 is 11.8 Å². The Bertz CT molecular complexity index is 182. The fourth-order valence-corrected chi connectivity index (χ4v) is 3.96. The summed E-state index contributed by atoms with van der Waals surface area (Å²) < 4.78 is 0. The van der Waals surface area contributed by atoms with E-state index in [0.717, 1.165) is 29.0 Å². The second-order valence-corrected chi connectivity index (χ2v) is 7.05. The Morgan fingerprint density at radius 2 is 1.81 bits per heavy atom. The summed E-state index contributed by atoms with van der Waals surface area (Å²) in [7, 11) is 0. The van der Waals surface area contributed by atoms with E-state index in [-0.39, 0.29) is 0 Å². The molecule has 0 heterocycles. The molecule has 0 amide bonds. The largest absolute Gasteiger partial charge is 0.313 e. The first kappa shape index (κ1) is 14.4. The molecule has 1 N–H and O–H groups in total. The van der Waals surface area contributed by atoms with Crippen LogP contribution in [0.3, 0.4) is 0 Å². The maximum absolute atomic E-state index is 3.70. The topological polar surface area (TPSA) is 12.0 Å². The van der Waals surface area contributed by atoms with E-state index in [0.29, 0.717) is 0 Å². The number of thioether (sulfide) groups is 1. The quantitative estimate of drug-likeness (QED) is 0.730. The lowest BCUT2D eigenvalue weighted by Gasteiger charge is -2.29. The Labute approximate surface area is 106 Å². The number of hydrogen-bond acceptors (Lipinski definition) is 2. The molecule has 0 bridgehead atoms. The van der Waals surface area contributed by atoms with Crippen molar-refractivity contribution in [3.05, 3.63) is 0 Å². The molecule has 1 aliphatic carbocycles. The van der Waals surface area contributed by atoms with Gasteiger partial charge in [0.25, 0.3) is 0 Å².